The van der Waals surface area contributed by atoms with E-state index in [2.05, 4.69) is 5.32 Å². The molecule has 0 bridgehead atoms. The van der Waals surface area contributed by atoms with Crippen molar-refractivity contribution in [2.24, 2.45) is 0 Å². The first-order valence-electron chi connectivity index (χ1n) is 7.95. The molecule has 0 fully saturated rings. The molecule has 9 heteroatoms. The van der Waals surface area contributed by atoms with Crippen LogP contribution in [0.4, 0.5) is 11.4 Å². The van der Waals surface area contributed by atoms with Gasteiger partial charge in [-0.05, 0) is 43.3 Å². The number of nitrogens with zero attached hydrogens (tertiary/aromatic N) is 1. The summed E-state index contributed by atoms with van der Waals surface area (Å²) in [7, 11) is -0.823. The van der Waals surface area contributed by atoms with Gasteiger partial charge in [-0.1, -0.05) is 11.6 Å². The summed E-state index contributed by atoms with van der Waals surface area (Å²) in [6.45, 7) is 1.50. The van der Waals surface area contributed by atoms with E-state index in [-0.39, 0.29) is 5.69 Å². The highest BCUT2D eigenvalue weighted by Crippen LogP contribution is 2.33. The Morgan fingerprint density at radius 3 is 2.19 bits per heavy atom. The monoisotopic (exact) mass is 412 g/mol. The average molecular weight is 413 g/mol. The van der Waals surface area contributed by atoms with Crippen LogP contribution in [0.2, 0.25) is 5.02 Å². The Hall–Kier alpha value is -2.45. The SMILES string of the molecule is COc1ccc(N(C(C)C(=O)Nc2ccc(Cl)cc2)S(C)(=O)=O)cc1OC. The lowest BCUT2D eigenvalue weighted by atomic mass is 10.2. The summed E-state index contributed by atoms with van der Waals surface area (Å²) in [5, 5.41) is 3.21. The molecule has 1 atom stereocenters. The first-order valence-corrected chi connectivity index (χ1v) is 10.2. The summed E-state index contributed by atoms with van der Waals surface area (Å²) in [5.41, 5.74) is 0.797. The van der Waals surface area contributed by atoms with Gasteiger partial charge in [-0.3, -0.25) is 9.10 Å². The molecule has 2 aromatic carbocycles. The molecule has 1 N–H and O–H groups in total. The van der Waals surface area contributed by atoms with Gasteiger partial charge in [0.25, 0.3) is 0 Å². The van der Waals surface area contributed by atoms with Crippen molar-refractivity contribution in [3.63, 3.8) is 0 Å². The largest absolute Gasteiger partial charge is 0.493 e. The number of sulfonamides is 1. The molecule has 0 saturated carbocycles. The van der Waals surface area contributed by atoms with Gasteiger partial charge < -0.3 is 14.8 Å². The van der Waals surface area contributed by atoms with Gasteiger partial charge in [-0.25, -0.2) is 8.42 Å². The van der Waals surface area contributed by atoms with E-state index in [1.54, 1.807) is 36.4 Å². The molecule has 27 heavy (non-hydrogen) atoms. The third-order valence-electron chi connectivity index (χ3n) is 3.82. The number of anilines is 2. The van der Waals surface area contributed by atoms with Gasteiger partial charge in [0, 0.05) is 16.8 Å². The minimum atomic E-state index is -3.75. The number of rotatable bonds is 7. The Morgan fingerprint density at radius 2 is 1.67 bits per heavy atom. The lowest BCUT2D eigenvalue weighted by Gasteiger charge is -2.28. The number of benzene rings is 2. The van der Waals surface area contributed by atoms with Gasteiger partial charge in [0.2, 0.25) is 15.9 Å². The molecule has 1 amide bonds. The van der Waals surface area contributed by atoms with Crippen LogP contribution in [-0.4, -0.2) is 40.8 Å². The molecule has 1 unspecified atom stereocenters. The van der Waals surface area contributed by atoms with Crippen molar-refractivity contribution in [3.8, 4) is 11.5 Å². The summed E-state index contributed by atoms with van der Waals surface area (Å²) >= 11 is 5.83. The highest BCUT2D eigenvalue weighted by molar-refractivity contribution is 7.92. The molecular weight excluding hydrogens is 392 g/mol. The molecule has 7 nitrogen and oxygen atoms in total. The molecule has 2 aromatic rings. The Labute approximate surface area is 163 Å². The number of hydrogen-bond acceptors (Lipinski definition) is 5. The van der Waals surface area contributed by atoms with Crippen LogP contribution in [0.1, 0.15) is 6.92 Å². The van der Waals surface area contributed by atoms with Crippen molar-refractivity contribution >= 4 is 38.9 Å². The fourth-order valence-electron chi connectivity index (χ4n) is 2.55. The lowest BCUT2D eigenvalue weighted by molar-refractivity contribution is -0.116. The van der Waals surface area contributed by atoms with Crippen molar-refractivity contribution in [3.05, 3.63) is 47.5 Å². The minimum Gasteiger partial charge on any atom is -0.493 e. The fraction of sp³-hybridized carbons (Fsp3) is 0.278. The maximum absolute atomic E-state index is 12.6. The number of ether oxygens (including phenoxy) is 2. The average Bonchev–Trinajstić information content (AvgIpc) is 2.62. The van der Waals surface area contributed by atoms with E-state index in [1.165, 1.54) is 27.2 Å². The molecule has 0 aliphatic rings. The number of nitrogens with one attached hydrogen (secondary N) is 1. The Morgan fingerprint density at radius 1 is 1.07 bits per heavy atom. The first kappa shape index (κ1) is 20.9. The number of hydrogen-bond donors (Lipinski definition) is 1. The van der Waals surface area contributed by atoms with E-state index in [0.29, 0.717) is 22.2 Å². The summed E-state index contributed by atoms with van der Waals surface area (Å²) in [5.74, 6) is 0.319. The van der Waals surface area contributed by atoms with Gasteiger partial charge in [0.15, 0.2) is 11.5 Å². The summed E-state index contributed by atoms with van der Waals surface area (Å²) in [6, 6.07) is 10.2. The van der Waals surface area contributed by atoms with Crippen LogP contribution in [-0.2, 0) is 14.8 Å². The van der Waals surface area contributed by atoms with Crippen molar-refractivity contribution in [1.29, 1.82) is 0 Å². The molecule has 0 aliphatic carbocycles. The number of carbonyl (C=O) groups excluding carboxylic acids is 1. The maximum Gasteiger partial charge on any atom is 0.247 e. The molecule has 0 saturated heterocycles. The van der Waals surface area contributed by atoms with Gasteiger partial charge in [0.05, 0.1) is 26.2 Å². The smallest absolute Gasteiger partial charge is 0.247 e. The number of halogens is 1. The van der Waals surface area contributed by atoms with Crippen LogP contribution in [0.3, 0.4) is 0 Å². The second kappa shape index (κ2) is 8.49. The van der Waals surface area contributed by atoms with Gasteiger partial charge in [0.1, 0.15) is 6.04 Å². The lowest BCUT2D eigenvalue weighted by Crippen LogP contribution is -2.45. The van der Waals surface area contributed by atoms with E-state index < -0.39 is 22.0 Å². The standard InChI is InChI=1S/C18H21ClN2O5S/c1-12(18(22)20-14-7-5-13(19)6-8-14)21(27(4,23)24)15-9-10-16(25-2)17(11-15)26-3/h5-12H,1-4H3,(H,20,22). The van der Waals surface area contributed by atoms with E-state index in [4.69, 9.17) is 21.1 Å². The molecule has 0 heterocycles. The number of amides is 1. The van der Waals surface area contributed by atoms with Gasteiger partial charge >= 0.3 is 0 Å². The van der Waals surface area contributed by atoms with Crippen LogP contribution >= 0.6 is 11.6 Å². The maximum atomic E-state index is 12.6. The van der Waals surface area contributed by atoms with Crippen molar-refractivity contribution in [2.45, 2.75) is 13.0 Å². The van der Waals surface area contributed by atoms with Crippen LogP contribution < -0.4 is 19.1 Å². The predicted octanol–water partition coefficient (Wildman–Crippen LogP) is 3.15. The molecular formula is C18H21ClN2O5S. The molecule has 0 radical (unpaired) electrons. The van der Waals surface area contributed by atoms with Crippen LogP contribution in [0.5, 0.6) is 11.5 Å². The highest BCUT2D eigenvalue weighted by Gasteiger charge is 2.30. The van der Waals surface area contributed by atoms with Crippen molar-refractivity contribution < 1.29 is 22.7 Å². The van der Waals surface area contributed by atoms with Gasteiger partial charge in [-0.15, -0.1) is 0 Å². The minimum absolute atomic E-state index is 0.286. The molecule has 146 valence electrons. The number of methoxy groups -OCH3 is 2. The van der Waals surface area contributed by atoms with E-state index in [1.807, 2.05) is 0 Å². The summed E-state index contributed by atoms with van der Waals surface area (Å²) < 4.78 is 36.2. The topological polar surface area (TPSA) is 84.9 Å². The predicted molar refractivity (Wildman–Crippen MR) is 106 cm³/mol. The van der Waals surface area contributed by atoms with Crippen molar-refractivity contribution in [2.75, 3.05) is 30.1 Å². The number of carbonyl (C=O) groups is 1. The summed E-state index contributed by atoms with van der Waals surface area (Å²) in [4.78, 5) is 12.6. The van der Waals surface area contributed by atoms with Crippen molar-refractivity contribution in [1.82, 2.24) is 0 Å². The molecule has 0 aromatic heterocycles. The van der Waals surface area contributed by atoms with Crippen LogP contribution in [0.15, 0.2) is 42.5 Å². The van der Waals surface area contributed by atoms with Crippen LogP contribution in [0, 0.1) is 0 Å². The van der Waals surface area contributed by atoms with Crippen LogP contribution in [0.25, 0.3) is 0 Å². The second-order valence-corrected chi connectivity index (χ2v) is 8.07. The first-order chi connectivity index (χ1) is 12.7. The third kappa shape index (κ3) is 5.05. The molecule has 2 rings (SSSR count). The highest BCUT2D eigenvalue weighted by atomic mass is 35.5. The Bertz CT molecular complexity index is 916. The van der Waals surface area contributed by atoms with Gasteiger partial charge in [-0.2, -0.15) is 0 Å². The fourth-order valence-corrected chi connectivity index (χ4v) is 3.84. The second-order valence-electron chi connectivity index (χ2n) is 5.77. The zero-order valence-corrected chi connectivity index (χ0v) is 17.0. The zero-order valence-electron chi connectivity index (χ0n) is 15.4. The quantitative estimate of drug-likeness (QED) is 0.755. The normalized spacial score (nSPS) is 12.2. The molecule has 0 spiro atoms. The Kier molecular flexibility index (Phi) is 6.56. The Balaban J connectivity index is 2.35. The summed E-state index contributed by atoms with van der Waals surface area (Å²) in [6.07, 6.45) is 1.04. The van der Waals surface area contributed by atoms with E-state index >= 15 is 0 Å². The third-order valence-corrected chi connectivity index (χ3v) is 5.32. The van der Waals surface area contributed by atoms with E-state index in [0.717, 1.165) is 10.6 Å². The molecule has 0 aliphatic heterocycles. The zero-order chi connectivity index (χ0) is 20.2. The van der Waals surface area contributed by atoms with E-state index in [9.17, 15) is 13.2 Å².